The Morgan fingerprint density at radius 1 is 1.14 bits per heavy atom. The Bertz CT molecular complexity index is 1210. The van der Waals surface area contributed by atoms with E-state index in [4.69, 9.17) is 4.52 Å². The summed E-state index contributed by atoms with van der Waals surface area (Å²) in [5, 5.41) is 9.33. The Hall–Kier alpha value is -4.08. The number of aromatic nitrogens is 2. The molecular weight excluding hydrogens is 465 g/mol. The highest BCUT2D eigenvalue weighted by atomic mass is 19.1. The standard InChI is InChI=1S/C26H28FN5O4/c1-17-14-22(31-36-17)30-23(33)11-12-24(34)32(21-10-4-7-19(27)15-21)25(18-6-5-13-28-16-18)26(35)29-20-8-2-3-9-20/h4-7,10,13-16,20,25H,2-3,8-9,11-12H2,1H3,(H,29,35)(H,30,31,33). The summed E-state index contributed by atoms with van der Waals surface area (Å²) < 4.78 is 19.1. The predicted molar refractivity (Wildman–Crippen MR) is 130 cm³/mol. The molecular formula is C26H28FN5O4. The van der Waals surface area contributed by atoms with Crippen LogP contribution in [0.3, 0.4) is 0 Å². The van der Waals surface area contributed by atoms with E-state index in [2.05, 4.69) is 20.8 Å². The van der Waals surface area contributed by atoms with E-state index < -0.39 is 23.7 Å². The lowest BCUT2D eigenvalue weighted by atomic mass is 10.0. The Labute approximate surface area is 208 Å². The lowest BCUT2D eigenvalue weighted by Gasteiger charge is -2.32. The molecule has 2 N–H and O–H groups in total. The first-order valence-electron chi connectivity index (χ1n) is 11.9. The molecule has 2 aromatic heterocycles. The van der Waals surface area contributed by atoms with Crippen molar-refractivity contribution in [1.82, 2.24) is 15.5 Å². The van der Waals surface area contributed by atoms with Gasteiger partial charge in [-0.3, -0.25) is 24.3 Å². The van der Waals surface area contributed by atoms with Gasteiger partial charge >= 0.3 is 0 Å². The molecule has 188 valence electrons. The van der Waals surface area contributed by atoms with E-state index in [0.29, 0.717) is 11.3 Å². The molecule has 1 aromatic carbocycles. The zero-order chi connectivity index (χ0) is 25.5. The Morgan fingerprint density at radius 3 is 2.61 bits per heavy atom. The number of pyridine rings is 1. The second-order valence-corrected chi connectivity index (χ2v) is 8.79. The number of benzene rings is 1. The van der Waals surface area contributed by atoms with Crippen LogP contribution in [0.15, 0.2) is 59.4 Å². The van der Waals surface area contributed by atoms with Crippen molar-refractivity contribution >= 4 is 29.2 Å². The summed E-state index contributed by atoms with van der Waals surface area (Å²) in [5.74, 6) is -1.10. The second-order valence-electron chi connectivity index (χ2n) is 8.79. The minimum Gasteiger partial charge on any atom is -0.360 e. The maximum atomic E-state index is 14.2. The van der Waals surface area contributed by atoms with Crippen molar-refractivity contribution in [2.45, 2.75) is 57.5 Å². The molecule has 0 radical (unpaired) electrons. The minimum atomic E-state index is -1.09. The summed E-state index contributed by atoms with van der Waals surface area (Å²) in [4.78, 5) is 44.9. The van der Waals surface area contributed by atoms with Gasteiger partial charge < -0.3 is 15.2 Å². The van der Waals surface area contributed by atoms with Crippen molar-refractivity contribution in [2.75, 3.05) is 10.2 Å². The van der Waals surface area contributed by atoms with E-state index in [1.54, 1.807) is 37.4 Å². The van der Waals surface area contributed by atoms with Gasteiger partial charge in [-0.1, -0.05) is 30.1 Å². The van der Waals surface area contributed by atoms with Crippen molar-refractivity contribution in [1.29, 1.82) is 0 Å². The van der Waals surface area contributed by atoms with Crippen LogP contribution in [0.5, 0.6) is 0 Å². The van der Waals surface area contributed by atoms with Crippen LogP contribution in [0.4, 0.5) is 15.9 Å². The molecule has 0 bridgehead atoms. The van der Waals surface area contributed by atoms with Crippen LogP contribution in [0.25, 0.3) is 0 Å². The number of nitrogens with zero attached hydrogens (tertiary/aromatic N) is 3. The highest BCUT2D eigenvalue weighted by Gasteiger charge is 2.34. The van der Waals surface area contributed by atoms with Crippen molar-refractivity contribution < 1.29 is 23.3 Å². The summed E-state index contributed by atoms with van der Waals surface area (Å²) in [5.41, 5.74) is 0.691. The van der Waals surface area contributed by atoms with Crippen molar-refractivity contribution in [3.63, 3.8) is 0 Å². The molecule has 2 heterocycles. The van der Waals surface area contributed by atoms with Crippen molar-refractivity contribution in [3.8, 4) is 0 Å². The molecule has 1 aliphatic rings. The average Bonchev–Trinajstić information content (AvgIpc) is 3.52. The number of halogens is 1. The van der Waals surface area contributed by atoms with Crippen molar-refractivity contribution in [2.24, 2.45) is 0 Å². The third kappa shape index (κ3) is 6.32. The zero-order valence-corrected chi connectivity index (χ0v) is 19.9. The fourth-order valence-electron chi connectivity index (χ4n) is 4.34. The van der Waals surface area contributed by atoms with Crippen LogP contribution < -0.4 is 15.5 Å². The number of rotatable bonds is 9. The van der Waals surface area contributed by atoms with E-state index in [9.17, 15) is 18.8 Å². The van der Waals surface area contributed by atoms with Crippen molar-refractivity contribution in [3.05, 3.63) is 72.0 Å². The van der Waals surface area contributed by atoms with E-state index in [0.717, 1.165) is 25.7 Å². The normalized spacial score (nSPS) is 14.3. The molecule has 1 aliphatic carbocycles. The molecule has 3 amide bonds. The van der Waals surface area contributed by atoms with Gasteiger partial charge in [0.1, 0.15) is 17.6 Å². The van der Waals surface area contributed by atoms with E-state index in [-0.39, 0.29) is 36.3 Å². The zero-order valence-electron chi connectivity index (χ0n) is 19.9. The van der Waals surface area contributed by atoms with Gasteiger partial charge in [0.2, 0.25) is 17.7 Å². The molecule has 3 aromatic rings. The lowest BCUT2D eigenvalue weighted by Crippen LogP contribution is -2.46. The van der Waals surface area contributed by atoms with Crippen LogP contribution >= 0.6 is 0 Å². The van der Waals surface area contributed by atoms with Crippen LogP contribution in [-0.4, -0.2) is 33.9 Å². The molecule has 0 spiro atoms. The van der Waals surface area contributed by atoms with E-state index >= 15 is 0 Å². The molecule has 0 saturated heterocycles. The third-order valence-electron chi connectivity index (χ3n) is 6.02. The Morgan fingerprint density at radius 2 is 1.94 bits per heavy atom. The summed E-state index contributed by atoms with van der Waals surface area (Å²) in [6.45, 7) is 1.69. The second kappa shape index (κ2) is 11.6. The highest BCUT2D eigenvalue weighted by Crippen LogP contribution is 2.30. The van der Waals surface area contributed by atoms with Gasteiger partial charge in [-0.05, 0) is 44.0 Å². The molecule has 1 atom stereocenters. The SMILES string of the molecule is Cc1cc(NC(=O)CCC(=O)N(c2cccc(F)c2)C(C(=O)NC2CCCC2)c2cccnc2)no1. The van der Waals surface area contributed by atoms with E-state index in [1.165, 1.54) is 29.3 Å². The number of amides is 3. The van der Waals surface area contributed by atoms with Gasteiger partial charge in [-0.25, -0.2) is 4.39 Å². The van der Waals surface area contributed by atoms with Crippen LogP contribution in [0.1, 0.15) is 55.9 Å². The lowest BCUT2D eigenvalue weighted by molar-refractivity contribution is -0.127. The molecule has 9 nitrogen and oxygen atoms in total. The summed E-state index contributed by atoms with van der Waals surface area (Å²) in [6.07, 6.45) is 6.47. The topological polar surface area (TPSA) is 117 Å². The number of anilines is 2. The molecule has 1 fully saturated rings. The van der Waals surface area contributed by atoms with Gasteiger partial charge in [0.15, 0.2) is 5.82 Å². The number of carbonyl (C=O) groups is 3. The highest BCUT2D eigenvalue weighted by molar-refractivity contribution is 6.03. The molecule has 36 heavy (non-hydrogen) atoms. The number of carbonyl (C=O) groups excluding carboxylic acids is 3. The largest absolute Gasteiger partial charge is 0.360 e. The quantitative estimate of drug-likeness (QED) is 0.464. The molecule has 10 heteroatoms. The summed E-state index contributed by atoms with van der Waals surface area (Å²) in [6, 6.07) is 9.35. The van der Waals surface area contributed by atoms with E-state index in [1.807, 2.05) is 0 Å². The van der Waals surface area contributed by atoms with Gasteiger partial charge in [-0.15, -0.1) is 0 Å². The van der Waals surface area contributed by atoms with Crippen LogP contribution in [0, 0.1) is 12.7 Å². The maximum Gasteiger partial charge on any atom is 0.248 e. The first kappa shape index (κ1) is 25.0. The molecule has 1 saturated carbocycles. The maximum absolute atomic E-state index is 14.2. The van der Waals surface area contributed by atoms with Gasteiger partial charge in [-0.2, -0.15) is 0 Å². The average molecular weight is 494 g/mol. The van der Waals surface area contributed by atoms with Gasteiger partial charge in [0, 0.05) is 48.6 Å². The fourth-order valence-corrected chi connectivity index (χ4v) is 4.34. The number of hydrogen-bond donors (Lipinski definition) is 2. The monoisotopic (exact) mass is 493 g/mol. The van der Waals surface area contributed by atoms with Crippen LogP contribution in [-0.2, 0) is 14.4 Å². The molecule has 4 rings (SSSR count). The summed E-state index contributed by atoms with van der Waals surface area (Å²) >= 11 is 0. The van der Waals surface area contributed by atoms with Gasteiger partial charge in [0.05, 0.1) is 0 Å². The first-order valence-corrected chi connectivity index (χ1v) is 11.9. The fraction of sp³-hybridized carbons (Fsp3) is 0.346. The minimum absolute atomic E-state index is 0.0119. The Balaban J connectivity index is 1.60. The molecule has 1 unspecified atom stereocenters. The van der Waals surface area contributed by atoms with Gasteiger partial charge in [0.25, 0.3) is 0 Å². The smallest absolute Gasteiger partial charge is 0.248 e. The predicted octanol–water partition coefficient (Wildman–Crippen LogP) is 4.07. The number of hydrogen-bond acceptors (Lipinski definition) is 6. The summed E-state index contributed by atoms with van der Waals surface area (Å²) in [7, 11) is 0. The third-order valence-corrected chi connectivity index (χ3v) is 6.02. The first-order chi connectivity index (χ1) is 17.4. The number of aryl methyl sites for hydroxylation is 1. The number of nitrogens with one attached hydrogen (secondary N) is 2. The van der Waals surface area contributed by atoms with Crippen LogP contribution in [0.2, 0.25) is 0 Å². The molecule has 0 aliphatic heterocycles. The Kier molecular flexibility index (Phi) is 8.04.